The number of esters is 1. The number of imidazole rings is 1. The van der Waals surface area contributed by atoms with Crippen LogP contribution in [-0.2, 0) is 20.7 Å². The van der Waals surface area contributed by atoms with Crippen molar-refractivity contribution in [1.82, 2.24) is 14.3 Å². The second-order valence-corrected chi connectivity index (χ2v) is 8.71. The van der Waals surface area contributed by atoms with E-state index in [1.807, 2.05) is 59.4 Å². The van der Waals surface area contributed by atoms with E-state index >= 15 is 0 Å². The quantitative estimate of drug-likeness (QED) is 0.500. The van der Waals surface area contributed by atoms with E-state index in [4.69, 9.17) is 9.47 Å². The highest BCUT2D eigenvalue weighted by Crippen LogP contribution is 2.35. The number of benzene rings is 1. The fraction of sp³-hybridized carbons (Fsp3) is 0.435. The van der Waals surface area contributed by atoms with Crippen LogP contribution in [0.25, 0.3) is 4.96 Å². The molecule has 0 spiro atoms. The van der Waals surface area contributed by atoms with Gasteiger partial charge in [-0.15, -0.1) is 11.3 Å². The van der Waals surface area contributed by atoms with E-state index in [-0.39, 0.29) is 18.3 Å². The first-order chi connectivity index (χ1) is 15.1. The molecule has 1 amide bonds. The van der Waals surface area contributed by atoms with Gasteiger partial charge < -0.3 is 14.4 Å². The summed E-state index contributed by atoms with van der Waals surface area (Å²) in [6.45, 7) is 3.51. The molecule has 3 heterocycles. The van der Waals surface area contributed by atoms with E-state index in [2.05, 4.69) is 4.98 Å². The Kier molecular flexibility index (Phi) is 6.56. The SMILES string of the molecule is CCOC(=O)[C@@]1(CCOc2ccccc2)CCCN(C(=O)Cc2cn3ccsc3n2)C1. The van der Waals surface area contributed by atoms with Crippen LogP contribution in [-0.4, -0.2) is 52.5 Å². The summed E-state index contributed by atoms with van der Waals surface area (Å²) in [5.41, 5.74) is 0.00401. The number of ether oxygens (including phenoxy) is 2. The molecule has 1 saturated heterocycles. The normalized spacial score (nSPS) is 18.8. The van der Waals surface area contributed by atoms with E-state index in [0.717, 1.165) is 22.8 Å². The van der Waals surface area contributed by atoms with Gasteiger partial charge >= 0.3 is 5.97 Å². The van der Waals surface area contributed by atoms with Gasteiger partial charge in [0.05, 0.1) is 30.7 Å². The van der Waals surface area contributed by atoms with E-state index in [9.17, 15) is 9.59 Å². The Morgan fingerprint density at radius 1 is 1.26 bits per heavy atom. The average Bonchev–Trinajstić information content (AvgIpc) is 3.37. The zero-order chi connectivity index (χ0) is 21.7. The molecule has 0 N–H and O–H groups in total. The maximum atomic E-state index is 13.0. The van der Waals surface area contributed by atoms with Crippen molar-refractivity contribution in [3.05, 3.63) is 53.8 Å². The number of fused-ring (bicyclic) bond motifs is 1. The van der Waals surface area contributed by atoms with Crippen molar-refractivity contribution in [3.8, 4) is 5.75 Å². The van der Waals surface area contributed by atoms with Gasteiger partial charge in [-0.1, -0.05) is 18.2 Å². The van der Waals surface area contributed by atoms with E-state index in [1.165, 1.54) is 11.3 Å². The molecule has 0 radical (unpaired) electrons. The number of hydrogen-bond donors (Lipinski definition) is 0. The molecule has 4 rings (SSSR count). The molecule has 8 heteroatoms. The van der Waals surface area contributed by atoms with Crippen molar-refractivity contribution in [2.24, 2.45) is 5.41 Å². The highest BCUT2D eigenvalue weighted by Gasteiger charge is 2.44. The van der Waals surface area contributed by atoms with Gasteiger partial charge in [0.1, 0.15) is 5.75 Å². The van der Waals surface area contributed by atoms with Crippen LogP contribution in [0.5, 0.6) is 5.75 Å². The number of nitrogens with zero attached hydrogens (tertiary/aromatic N) is 3. The van der Waals surface area contributed by atoms with E-state index in [1.54, 1.807) is 4.90 Å². The molecule has 1 aliphatic rings. The Bertz CT molecular complexity index is 1000. The summed E-state index contributed by atoms with van der Waals surface area (Å²) in [5.74, 6) is 0.514. The van der Waals surface area contributed by atoms with Gasteiger partial charge in [-0.3, -0.25) is 14.0 Å². The standard InChI is InChI=1S/C23H27N3O4S/c1-2-29-21(28)23(10-13-30-19-7-4-3-5-8-19)9-6-11-26(17-23)20(27)15-18-16-25-12-14-31-22(25)24-18/h3-5,7-8,12,14,16H,2,6,9-11,13,15,17H2,1H3/t23-/m1/s1. The smallest absolute Gasteiger partial charge is 0.314 e. The van der Waals surface area contributed by atoms with Crippen LogP contribution in [0.2, 0.25) is 0 Å². The molecule has 1 atom stereocenters. The van der Waals surface area contributed by atoms with Gasteiger partial charge in [-0.2, -0.15) is 0 Å². The van der Waals surface area contributed by atoms with E-state index < -0.39 is 5.41 Å². The largest absolute Gasteiger partial charge is 0.494 e. The fourth-order valence-corrected chi connectivity index (χ4v) is 4.83. The number of rotatable bonds is 8. The summed E-state index contributed by atoms with van der Waals surface area (Å²) in [5, 5.41) is 1.96. The van der Waals surface area contributed by atoms with Gasteiger partial charge in [-0.25, -0.2) is 4.98 Å². The first kappa shape index (κ1) is 21.4. The van der Waals surface area contributed by atoms with Crippen LogP contribution >= 0.6 is 11.3 Å². The van der Waals surface area contributed by atoms with Gasteiger partial charge in [-0.05, 0) is 38.3 Å². The van der Waals surface area contributed by atoms with Crippen LogP contribution in [0, 0.1) is 5.41 Å². The molecule has 0 saturated carbocycles. The number of amides is 1. The Balaban J connectivity index is 1.43. The number of aromatic nitrogens is 2. The third-order valence-electron chi connectivity index (χ3n) is 5.71. The molecule has 1 aliphatic heterocycles. The second kappa shape index (κ2) is 9.51. The maximum Gasteiger partial charge on any atom is 0.314 e. The molecule has 1 aromatic carbocycles. The minimum atomic E-state index is -0.743. The van der Waals surface area contributed by atoms with Crippen LogP contribution in [0.15, 0.2) is 48.1 Å². The van der Waals surface area contributed by atoms with Gasteiger partial charge in [0.2, 0.25) is 5.91 Å². The Hall–Kier alpha value is -2.87. The highest BCUT2D eigenvalue weighted by atomic mass is 32.1. The summed E-state index contributed by atoms with van der Waals surface area (Å²) in [4.78, 5) is 33.1. The zero-order valence-corrected chi connectivity index (χ0v) is 18.5. The number of thiazole rings is 1. The average molecular weight is 442 g/mol. The molecule has 2 aromatic heterocycles. The van der Waals surface area contributed by atoms with E-state index in [0.29, 0.717) is 39.1 Å². The van der Waals surface area contributed by atoms with Crippen LogP contribution < -0.4 is 4.74 Å². The first-order valence-electron chi connectivity index (χ1n) is 10.6. The number of carbonyl (C=O) groups excluding carboxylic acids is 2. The zero-order valence-electron chi connectivity index (χ0n) is 17.7. The summed E-state index contributed by atoms with van der Waals surface area (Å²) in [7, 11) is 0. The first-order valence-corrected chi connectivity index (χ1v) is 11.5. The summed E-state index contributed by atoms with van der Waals surface area (Å²) >= 11 is 1.54. The molecular formula is C23H27N3O4S. The third-order valence-corrected chi connectivity index (χ3v) is 6.48. The van der Waals surface area contributed by atoms with Crippen LogP contribution in [0.3, 0.4) is 0 Å². The van der Waals surface area contributed by atoms with Gasteiger partial charge in [0.25, 0.3) is 0 Å². The van der Waals surface area contributed by atoms with Crippen molar-refractivity contribution in [2.45, 2.75) is 32.6 Å². The Morgan fingerprint density at radius 2 is 2.10 bits per heavy atom. The Morgan fingerprint density at radius 3 is 2.87 bits per heavy atom. The monoisotopic (exact) mass is 441 g/mol. The summed E-state index contributed by atoms with van der Waals surface area (Å²) < 4.78 is 13.2. The van der Waals surface area contributed by atoms with Crippen molar-refractivity contribution < 1.29 is 19.1 Å². The lowest BCUT2D eigenvalue weighted by Crippen LogP contribution is -2.51. The topological polar surface area (TPSA) is 73.1 Å². The summed E-state index contributed by atoms with van der Waals surface area (Å²) in [6, 6.07) is 9.54. The third kappa shape index (κ3) is 4.90. The van der Waals surface area contributed by atoms with Crippen LogP contribution in [0.4, 0.5) is 0 Å². The predicted octanol–water partition coefficient (Wildman–Crippen LogP) is 3.58. The number of piperidine rings is 1. The van der Waals surface area contributed by atoms with Gasteiger partial charge in [0.15, 0.2) is 4.96 Å². The lowest BCUT2D eigenvalue weighted by molar-refractivity contribution is -0.161. The molecule has 31 heavy (non-hydrogen) atoms. The van der Waals surface area contributed by atoms with Crippen molar-refractivity contribution >= 4 is 28.2 Å². The number of likely N-dealkylation sites (tertiary alicyclic amines) is 1. The number of carbonyl (C=O) groups is 2. The van der Waals surface area contributed by atoms with Crippen molar-refractivity contribution in [2.75, 3.05) is 26.3 Å². The second-order valence-electron chi connectivity index (χ2n) is 7.83. The minimum absolute atomic E-state index is 0.0110. The molecule has 0 unspecified atom stereocenters. The lowest BCUT2D eigenvalue weighted by atomic mass is 9.77. The lowest BCUT2D eigenvalue weighted by Gasteiger charge is -2.41. The summed E-state index contributed by atoms with van der Waals surface area (Å²) in [6.07, 6.45) is 6.00. The number of hydrogen-bond acceptors (Lipinski definition) is 6. The van der Waals surface area contributed by atoms with Gasteiger partial charge in [0, 0.05) is 30.9 Å². The molecule has 0 aliphatic carbocycles. The molecular weight excluding hydrogens is 414 g/mol. The number of para-hydroxylation sites is 1. The molecule has 164 valence electrons. The van der Waals surface area contributed by atoms with Crippen molar-refractivity contribution in [1.29, 1.82) is 0 Å². The molecule has 1 fully saturated rings. The maximum absolute atomic E-state index is 13.0. The predicted molar refractivity (Wildman–Crippen MR) is 118 cm³/mol. The fourth-order valence-electron chi connectivity index (χ4n) is 4.11. The molecule has 0 bridgehead atoms. The highest BCUT2D eigenvalue weighted by molar-refractivity contribution is 7.15. The minimum Gasteiger partial charge on any atom is -0.494 e. The molecule has 3 aromatic rings. The van der Waals surface area contributed by atoms with Crippen molar-refractivity contribution in [3.63, 3.8) is 0 Å². The molecule has 7 nitrogen and oxygen atoms in total. The Labute approximate surface area is 185 Å². The van der Waals surface area contributed by atoms with Crippen LogP contribution in [0.1, 0.15) is 31.9 Å².